The number of methoxy groups -OCH3 is 2. The lowest BCUT2D eigenvalue weighted by molar-refractivity contribution is -0.121. The van der Waals surface area contributed by atoms with Gasteiger partial charge in [0.2, 0.25) is 17.3 Å². The molecule has 0 bridgehead atoms. The number of thioether (sulfide) groups is 1. The average Bonchev–Trinajstić information content (AvgIpc) is 3.63. The van der Waals surface area contributed by atoms with Gasteiger partial charge in [0.25, 0.3) is 0 Å². The summed E-state index contributed by atoms with van der Waals surface area (Å²) in [7, 11) is 2.82. The summed E-state index contributed by atoms with van der Waals surface area (Å²) >= 11 is 8.12. The third kappa shape index (κ3) is 5.36. The number of Topliss-reactive ketones (excluding diaryl/α,β-unsaturated/α-hetero) is 2. The predicted molar refractivity (Wildman–Crippen MR) is 162 cm³/mol. The molecule has 1 aliphatic heterocycles. The van der Waals surface area contributed by atoms with Gasteiger partial charge in [-0.25, -0.2) is 4.98 Å². The number of halogens is 1. The molecule has 12 heteroatoms. The normalized spacial score (nSPS) is 20.2. The maximum absolute atomic E-state index is 14.2. The van der Waals surface area contributed by atoms with E-state index in [1.54, 1.807) is 31.2 Å². The van der Waals surface area contributed by atoms with E-state index in [9.17, 15) is 19.5 Å². The molecule has 0 saturated carbocycles. The zero-order valence-electron chi connectivity index (χ0n) is 24.2. The molecule has 2 aliphatic rings. The fourth-order valence-corrected chi connectivity index (χ4v) is 6.45. The lowest BCUT2D eigenvalue weighted by Gasteiger charge is -2.38. The summed E-state index contributed by atoms with van der Waals surface area (Å²) in [4.78, 5) is 49.1. The van der Waals surface area contributed by atoms with Crippen molar-refractivity contribution in [1.82, 2.24) is 15.3 Å². The molecule has 226 valence electrons. The summed E-state index contributed by atoms with van der Waals surface area (Å²) in [6.45, 7) is 2.01. The molecule has 3 aromatic rings. The summed E-state index contributed by atoms with van der Waals surface area (Å²) in [6.07, 6.45) is 5.49. The van der Waals surface area contributed by atoms with Crippen LogP contribution in [0.4, 0.5) is 0 Å². The van der Waals surface area contributed by atoms with Crippen LogP contribution in [0, 0.1) is 5.92 Å². The third-order valence-corrected chi connectivity index (χ3v) is 9.14. The van der Waals surface area contributed by atoms with Crippen LogP contribution >= 0.6 is 23.4 Å². The number of carbonyl (C=O) groups is 3. The second-order valence-electron chi connectivity index (χ2n) is 10.5. The molecule has 0 radical (unpaired) electrons. The molecule has 1 amide bonds. The Morgan fingerprint density at radius 2 is 1.98 bits per heavy atom. The molecule has 10 nitrogen and oxygen atoms in total. The molecule has 1 aromatic heterocycles. The molecule has 2 heterocycles. The summed E-state index contributed by atoms with van der Waals surface area (Å²) in [5.74, 6) is -3.02. The van der Waals surface area contributed by atoms with Gasteiger partial charge in [0.1, 0.15) is 22.1 Å². The first-order valence-electron chi connectivity index (χ1n) is 13.7. The Bertz CT molecular complexity index is 1590. The lowest BCUT2D eigenvalue weighted by atomic mass is 9.69. The average molecular weight is 626 g/mol. The Morgan fingerprint density at radius 3 is 2.60 bits per heavy atom. The number of aliphatic hydroxyl groups is 1. The second kappa shape index (κ2) is 12.3. The number of amides is 1. The minimum atomic E-state index is -1.94. The zero-order valence-corrected chi connectivity index (χ0v) is 25.7. The van der Waals surface area contributed by atoms with E-state index in [-0.39, 0.29) is 57.9 Å². The summed E-state index contributed by atoms with van der Waals surface area (Å²) in [5, 5.41) is 14.9. The van der Waals surface area contributed by atoms with Gasteiger partial charge in [-0.1, -0.05) is 30.7 Å². The summed E-state index contributed by atoms with van der Waals surface area (Å²) in [5.41, 5.74) is -0.421. The molecule has 43 heavy (non-hydrogen) atoms. The quantitative estimate of drug-likeness (QED) is 0.263. The first kappa shape index (κ1) is 30.5. The standard InChI is InChI=1S/C31H32ClN3O7S/c1-16-11-21(36)25(29(38)31(16)30(39)26-22(40-2)13-23(41-3)27(32)28(26)42-31)20(17-5-7-19(43-4)8-6-17)12-24(37)34-10-9-18-14-33-15-35-18/h5-8,13-16,20,38H,9-12H2,1-4H3,(H,33,35)(H,34,37)/t16-,20?,31+/m1/s1. The van der Waals surface area contributed by atoms with Crippen molar-refractivity contribution >= 4 is 40.8 Å². The number of nitrogens with one attached hydrogen (secondary N) is 2. The van der Waals surface area contributed by atoms with E-state index < -0.39 is 29.0 Å². The minimum absolute atomic E-state index is 0.00684. The number of allylic oxidation sites excluding steroid dienone is 1. The maximum atomic E-state index is 14.2. The Hall–Kier alpha value is -3.96. The lowest BCUT2D eigenvalue weighted by Crippen LogP contribution is -2.53. The van der Waals surface area contributed by atoms with E-state index in [0.717, 1.165) is 10.6 Å². The van der Waals surface area contributed by atoms with Gasteiger partial charge < -0.3 is 29.6 Å². The number of ether oxygens (including phenoxy) is 3. The van der Waals surface area contributed by atoms with Crippen LogP contribution in [0.15, 0.2) is 59.1 Å². The molecule has 3 N–H and O–H groups in total. The Balaban J connectivity index is 1.58. The van der Waals surface area contributed by atoms with E-state index >= 15 is 0 Å². The van der Waals surface area contributed by atoms with Crippen LogP contribution in [-0.4, -0.2) is 65.2 Å². The number of carbonyl (C=O) groups excluding carboxylic acids is 3. The van der Waals surface area contributed by atoms with Crippen LogP contribution in [0.25, 0.3) is 0 Å². The highest BCUT2D eigenvalue weighted by Gasteiger charge is 2.61. The fourth-order valence-electron chi connectivity index (χ4n) is 5.78. The molecule has 0 fully saturated rings. The molecule has 1 unspecified atom stereocenters. The monoisotopic (exact) mass is 625 g/mol. The number of aromatic nitrogens is 2. The van der Waals surface area contributed by atoms with Crippen LogP contribution in [0.5, 0.6) is 17.2 Å². The number of hydrogen-bond acceptors (Lipinski definition) is 9. The largest absolute Gasteiger partial charge is 0.507 e. The first-order valence-corrected chi connectivity index (χ1v) is 15.3. The highest BCUT2D eigenvalue weighted by Crippen LogP contribution is 2.55. The topological polar surface area (TPSA) is 140 Å². The Kier molecular flexibility index (Phi) is 8.75. The number of rotatable bonds is 10. The van der Waals surface area contributed by atoms with Crippen molar-refractivity contribution < 1.29 is 33.7 Å². The Labute approximate surface area is 258 Å². The van der Waals surface area contributed by atoms with Crippen molar-refractivity contribution in [1.29, 1.82) is 0 Å². The number of ketones is 2. The summed E-state index contributed by atoms with van der Waals surface area (Å²) < 4.78 is 17.1. The molecule has 2 aromatic carbocycles. The van der Waals surface area contributed by atoms with E-state index in [1.165, 1.54) is 20.3 Å². The van der Waals surface area contributed by atoms with E-state index in [0.29, 0.717) is 18.5 Å². The van der Waals surface area contributed by atoms with Gasteiger partial charge in [-0.15, -0.1) is 11.8 Å². The van der Waals surface area contributed by atoms with Crippen molar-refractivity contribution in [2.24, 2.45) is 5.92 Å². The number of benzene rings is 2. The van der Waals surface area contributed by atoms with Crippen molar-refractivity contribution in [3.63, 3.8) is 0 Å². The third-order valence-electron chi connectivity index (χ3n) is 8.04. The number of nitrogens with zero attached hydrogens (tertiary/aromatic N) is 1. The molecule has 3 atom stereocenters. The molecule has 5 rings (SSSR count). The van der Waals surface area contributed by atoms with E-state index in [2.05, 4.69) is 15.3 Å². The van der Waals surface area contributed by atoms with Gasteiger partial charge >= 0.3 is 0 Å². The number of hydrogen-bond donors (Lipinski definition) is 3. The number of fused-ring (bicyclic) bond motifs is 1. The number of aliphatic hydroxyl groups excluding tert-OH is 1. The first-order chi connectivity index (χ1) is 20.7. The highest BCUT2D eigenvalue weighted by atomic mass is 35.5. The van der Waals surface area contributed by atoms with Crippen molar-refractivity contribution in [3.8, 4) is 17.2 Å². The molecule has 1 spiro atoms. The fraction of sp³-hybridized carbons (Fsp3) is 0.355. The number of H-pyrrole nitrogens is 1. The van der Waals surface area contributed by atoms with Crippen LogP contribution in [0.2, 0.25) is 5.02 Å². The Morgan fingerprint density at radius 1 is 1.26 bits per heavy atom. The van der Waals surface area contributed by atoms with Crippen molar-refractivity contribution in [2.75, 3.05) is 27.0 Å². The molecular formula is C31H32ClN3O7S. The maximum Gasteiger partial charge on any atom is 0.231 e. The zero-order chi connectivity index (χ0) is 30.9. The SMILES string of the molecule is COc1cc(OC)c2c(c1Cl)O[C@]1(C2=O)C(O)=C(C(CC(=O)NCCc2cnc[nH]2)c2ccc(SC)cc2)C(=O)C[C@H]1C. The molecular weight excluding hydrogens is 594 g/mol. The van der Waals surface area contributed by atoms with E-state index in [1.807, 2.05) is 30.5 Å². The van der Waals surface area contributed by atoms with Gasteiger partial charge in [-0.05, 0) is 24.0 Å². The van der Waals surface area contributed by atoms with Crippen LogP contribution in [0.3, 0.4) is 0 Å². The predicted octanol–water partition coefficient (Wildman–Crippen LogP) is 5.07. The van der Waals surface area contributed by atoms with E-state index in [4.69, 9.17) is 25.8 Å². The number of aromatic amines is 1. The van der Waals surface area contributed by atoms with Gasteiger partial charge in [0.15, 0.2) is 17.3 Å². The van der Waals surface area contributed by atoms with Crippen molar-refractivity contribution in [2.45, 2.75) is 42.6 Å². The van der Waals surface area contributed by atoms with Crippen LogP contribution in [0.1, 0.15) is 47.3 Å². The highest BCUT2D eigenvalue weighted by molar-refractivity contribution is 7.98. The van der Waals surface area contributed by atoms with Crippen LogP contribution in [-0.2, 0) is 16.0 Å². The van der Waals surface area contributed by atoms with Gasteiger partial charge in [0.05, 0.1) is 20.5 Å². The van der Waals surface area contributed by atoms with Crippen molar-refractivity contribution in [3.05, 3.63) is 76.0 Å². The van der Waals surface area contributed by atoms with Crippen LogP contribution < -0.4 is 19.5 Å². The summed E-state index contributed by atoms with van der Waals surface area (Å²) in [6, 6.07) is 8.89. The molecule has 1 aliphatic carbocycles. The smallest absolute Gasteiger partial charge is 0.231 e. The number of imidazole rings is 1. The molecule has 0 saturated heterocycles. The van der Waals surface area contributed by atoms with Gasteiger partial charge in [0, 0.05) is 66.1 Å². The second-order valence-corrected chi connectivity index (χ2v) is 11.7. The van der Waals surface area contributed by atoms with Gasteiger partial charge in [-0.3, -0.25) is 14.4 Å². The van der Waals surface area contributed by atoms with Gasteiger partial charge in [-0.2, -0.15) is 0 Å². The minimum Gasteiger partial charge on any atom is -0.507 e.